The van der Waals surface area contributed by atoms with E-state index in [4.69, 9.17) is 5.11 Å². The number of thioether (sulfide) groups is 1. The van der Waals surface area contributed by atoms with Crippen LogP contribution in [0.1, 0.15) is 18.9 Å². The smallest absolute Gasteiger partial charge is 0.199 e. The molecule has 0 amide bonds. The molecule has 1 aliphatic heterocycles. The van der Waals surface area contributed by atoms with Crippen LogP contribution in [0.4, 0.5) is 0 Å². The maximum absolute atomic E-state index is 8.97. The minimum Gasteiger partial charge on any atom is -0.396 e. The van der Waals surface area contributed by atoms with Crippen molar-refractivity contribution in [1.29, 1.82) is 0 Å². The van der Waals surface area contributed by atoms with E-state index in [1.165, 1.54) is 27.4 Å². The van der Waals surface area contributed by atoms with E-state index in [-0.39, 0.29) is 6.61 Å². The highest BCUT2D eigenvalue weighted by Gasteiger charge is 2.33. The second-order valence-electron chi connectivity index (χ2n) is 10.7. The number of aliphatic hydroxyl groups is 1. The average Bonchev–Trinajstić information content (AvgIpc) is 3.39. The predicted molar refractivity (Wildman–Crippen MR) is 179 cm³/mol. The molecule has 5 aromatic carbocycles. The highest BCUT2D eigenvalue weighted by molar-refractivity contribution is 8.12. The molecule has 6 rings (SSSR count). The molecular weight excluding hydrogens is 517 g/mol. The Morgan fingerprint density at radius 1 is 0.585 bits per heavy atom. The number of aliphatic hydroxyl groups excluding tert-OH is 1. The van der Waals surface area contributed by atoms with Gasteiger partial charge in [-0.15, -0.1) is 0 Å². The molecule has 0 aromatic heterocycles. The van der Waals surface area contributed by atoms with Crippen LogP contribution in [0.25, 0.3) is 0 Å². The van der Waals surface area contributed by atoms with Crippen LogP contribution in [-0.4, -0.2) is 39.3 Å². The Morgan fingerprint density at radius 2 is 0.951 bits per heavy atom. The molecule has 1 N–H and O–H groups in total. The van der Waals surface area contributed by atoms with E-state index in [2.05, 4.69) is 163 Å². The van der Waals surface area contributed by atoms with Gasteiger partial charge in [-0.2, -0.15) is 21.9 Å². The molecule has 5 aromatic rings. The molecular formula is C37H38BNOS. The molecule has 0 saturated carbocycles. The van der Waals surface area contributed by atoms with Crippen LogP contribution in [0.5, 0.6) is 0 Å². The van der Waals surface area contributed by atoms with Crippen LogP contribution in [-0.2, 0) is 6.54 Å². The van der Waals surface area contributed by atoms with E-state index in [0.717, 1.165) is 13.0 Å². The van der Waals surface area contributed by atoms with Crippen LogP contribution in [0, 0.1) is 0 Å². The zero-order valence-corrected chi connectivity index (χ0v) is 24.5. The normalized spacial score (nSPS) is 16.4. The van der Waals surface area contributed by atoms with E-state index in [1.54, 1.807) is 0 Å². The molecule has 2 atom stereocenters. The SMILES string of the molecule is CC1C(CCO)SC=[N+]1Cc1ccccc1.c1ccc([B-](c2ccccc2)(c2ccccc2)c2ccccc2)cc1. The van der Waals surface area contributed by atoms with Gasteiger partial charge in [0.2, 0.25) is 0 Å². The van der Waals surface area contributed by atoms with E-state index < -0.39 is 6.15 Å². The average molecular weight is 556 g/mol. The third-order valence-corrected chi connectivity index (χ3v) is 9.62. The fraction of sp³-hybridized carbons (Fsp3) is 0.162. The summed E-state index contributed by atoms with van der Waals surface area (Å²) in [7, 11) is 0. The van der Waals surface area contributed by atoms with Crippen molar-refractivity contribution in [3.8, 4) is 0 Å². The van der Waals surface area contributed by atoms with Crippen molar-refractivity contribution in [2.45, 2.75) is 31.2 Å². The molecule has 1 heterocycles. The van der Waals surface area contributed by atoms with Crippen molar-refractivity contribution in [3.05, 3.63) is 157 Å². The molecule has 0 fully saturated rings. The lowest BCUT2D eigenvalue weighted by Crippen LogP contribution is -2.74. The zero-order valence-electron chi connectivity index (χ0n) is 23.7. The Labute approximate surface area is 249 Å². The van der Waals surface area contributed by atoms with Gasteiger partial charge in [0.1, 0.15) is 6.15 Å². The number of nitrogens with zero attached hydrogens (tertiary/aromatic N) is 1. The minimum atomic E-state index is -1.22. The first-order valence-corrected chi connectivity index (χ1v) is 15.4. The van der Waals surface area contributed by atoms with Gasteiger partial charge in [0.15, 0.2) is 18.1 Å². The third-order valence-electron chi connectivity index (χ3n) is 8.25. The van der Waals surface area contributed by atoms with Crippen LogP contribution in [0.2, 0.25) is 0 Å². The predicted octanol–water partition coefficient (Wildman–Crippen LogP) is 5.18. The molecule has 0 spiro atoms. The monoisotopic (exact) mass is 555 g/mol. The largest absolute Gasteiger partial charge is 0.396 e. The number of hydrogen-bond acceptors (Lipinski definition) is 2. The van der Waals surface area contributed by atoms with Crippen molar-refractivity contribution in [2.75, 3.05) is 6.61 Å². The Kier molecular flexibility index (Phi) is 9.90. The first-order chi connectivity index (χ1) is 20.2. The van der Waals surface area contributed by atoms with Gasteiger partial charge < -0.3 is 5.11 Å². The minimum absolute atomic E-state index is 0.287. The topological polar surface area (TPSA) is 23.2 Å². The second-order valence-corrected chi connectivity index (χ2v) is 11.8. The molecule has 1 aliphatic rings. The molecule has 0 bridgehead atoms. The van der Waals surface area contributed by atoms with Crippen molar-refractivity contribution in [3.63, 3.8) is 0 Å². The zero-order chi connectivity index (χ0) is 28.3. The van der Waals surface area contributed by atoms with E-state index >= 15 is 0 Å². The molecule has 41 heavy (non-hydrogen) atoms. The van der Waals surface area contributed by atoms with Gasteiger partial charge in [0, 0.05) is 12.2 Å². The standard InChI is InChI=1S/C24H20B.C13H18NOS/c1-5-13-21(14-6-1)25(22-15-7-2-8-16-22,23-17-9-3-10-18-23)24-19-11-4-12-20-24;1-11-13(7-8-15)16-10-14(11)9-12-5-3-2-4-6-12/h1-20H;2-6,10-11,13,15H,7-9H2,1H3/q-1;+1. The summed E-state index contributed by atoms with van der Waals surface area (Å²) in [5, 5.41) is 9.51. The molecule has 206 valence electrons. The lowest BCUT2D eigenvalue weighted by molar-refractivity contribution is -0.567. The molecule has 0 saturated heterocycles. The maximum atomic E-state index is 8.97. The summed E-state index contributed by atoms with van der Waals surface area (Å²) >= 11 is 1.84. The van der Waals surface area contributed by atoms with Crippen molar-refractivity contribution < 1.29 is 9.68 Å². The Morgan fingerprint density at radius 3 is 1.32 bits per heavy atom. The van der Waals surface area contributed by atoms with Crippen molar-refractivity contribution in [1.82, 2.24) is 0 Å². The fourth-order valence-electron chi connectivity index (χ4n) is 6.11. The Bertz CT molecular complexity index is 1330. The van der Waals surface area contributed by atoms with Crippen LogP contribution in [0.3, 0.4) is 0 Å². The summed E-state index contributed by atoms with van der Waals surface area (Å²) in [5.74, 6) is 0. The first-order valence-electron chi connectivity index (χ1n) is 14.5. The number of hydrogen-bond donors (Lipinski definition) is 1. The van der Waals surface area contributed by atoms with E-state index in [1.807, 2.05) is 17.8 Å². The van der Waals surface area contributed by atoms with Crippen molar-refractivity contribution in [2.24, 2.45) is 0 Å². The first kappa shape index (κ1) is 28.7. The summed E-state index contributed by atoms with van der Waals surface area (Å²) in [6.45, 7) is 3.49. The van der Waals surface area contributed by atoms with Gasteiger partial charge in [-0.05, 0) is 13.3 Å². The lowest BCUT2D eigenvalue weighted by atomic mass is 9.13. The lowest BCUT2D eigenvalue weighted by Gasteiger charge is -2.44. The summed E-state index contributed by atoms with van der Waals surface area (Å²) in [5.41, 5.74) is 8.91. The van der Waals surface area contributed by atoms with Gasteiger partial charge in [0.05, 0.1) is 5.25 Å². The molecule has 4 heteroatoms. The highest BCUT2D eigenvalue weighted by Crippen LogP contribution is 2.25. The maximum Gasteiger partial charge on any atom is 0.199 e. The van der Waals surface area contributed by atoms with Gasteiger partial charge >= 0.3 is 0 Å². The van der Waals surface area contributed by atoms with E-state index in [9.17, 15) is 0 Å². The molecule has 2 unspecified atom stereocenters. The van der Waals surface area contributed by atoms with Crippen molar-refractivity contribution >= 4 is 45.3 Å². The Balaban J connectivity index is 0.000000182. The van der Waals surface area contributed by atoms with Gasteiger partial charge in [-0.25, -0.2) is 4.58 Å². The quantitative estimate of drug-likeness (QED) is 0.211. The fourth-order valence-corrected chi connectivity index (χ4v) is 7.32. The summed E-state index contributed by atoms with van der Waals surface area (Å²) in [6.07, 6.45) is -0.333. The van der Waals surface area contributed by atoms with Crippen LogP contribution >= 0.6 is 11.8 Å². The van der Waals surface area contributed by atoms with Crippen LogP contribution in [0.15, 0.2) is 152 Å². The molecule has 0 radical (unpaired) electrons. The van der Waals surface area contributed by atoms with Gasteiger partial charge in [0.25, 0.3) is 0 Å². The Hall–Kier alpha value is -3.86. The number of benzene rings is 5. The number of rotatable bonds is 8. The third kappa shape index (κ3) is 6.56. The summed E-state index contributed by atoms with van der Waals surface area (Å²) in [4.78, 5) is 0. The summed E-state index contributed by atoms with van der Waals surface area (Å²) in [6, 6.07) is 54.6. The van der Waals surface area contributed by atoms with Gasteiger partial charge in [-0.1, -0.05) is 163 Å². The van der Waals surface area contributed by atoms with Crippen LogP contribution < -0.4 is 21.9 Å². The highest BCUT2D eigenvalue weighted by atomic mass is 32.2. The molecule has 2 nitrogen and oxygen atoms in total. The van der Waals surface area contributed by atoms with E-state index in [0.29, 0.717) is 11.3 Å². The van der Waals surface area contributed by atoms with Gasteiger partial charge in [-0.3, -0.25) is 0 Å². The molecule has 0 aliphatic carbocycles. The second kappa shape index (κ2) is 14.2. The summed E-state index contributed by atoms with van der Waals surface area (Å²) < 4.78 is 2.36.